The molecule has 0 saturated heterocycles. The van der Waals surface area contributed by atoms with Crippen molar-refractivity contribution in [1.82, 2.24) is 6.15 Å². The number of halogens is 16. The van der Waals surface area contributed by atoms with Crippen molar-refractivity contribution in [2.75, 3.05) is 0 Å². The average Bonchev–Trinajstić information content (AvgIpc) is 2.55. The van der Waals surface area contributed by atoms with Crippen molar-refractivity contribution in [1.29, 1.82) is 0 Å². The summed E-state index contributed by atoms with van der Waals surface area (Å²) in [5.74, 6) is -40.0. The quantitative estimate of drug-likeness (QED) is 0.189. The van der Waals surface area contributed by atoms with E-state index in [0.29, 0.717) is 0 Å². The van der Waals surface area contributed by atoms with E-state index < -0.39 is 83.0 Å². The van der Waals surface area contributed by atoms with Gasteiger partial charge in [0.2, 0.25) is 0 Å². The van der Waals surface area contributed by atoms with Crippen LogP contribution in [0.4, 0.5) is 70.2 Å². The van der Waals surface area contributed by atoms with Gasteiger partial charge in [-0.1, -0.05) is 0 Å². The lowest BCUT2D eigenvalue weighted by Crippen LogP contribution is -2.72. The smallest absolute Gasteiger partial charge is 0.402 e. The van der Waals surface area contributed by atoms with Crippen LogP contribution in [0.3, 0.4) is 0 Å². The van der Waals surface area contributed by atoms with E-state index in [9.17, 15) is 83.2 Å². The highest BCUT2D eigenvalue weighted by Crippen LogP contribution is 2.61. The number of alkyl halides is 16. The second kappa shape index (κ2) is 9.42. The molecule has 0 fully saturated rings. The molecule has 0 aromatic carbocycles. The molecular weight excluding hydrogens is 542 g/mol. The van der Waals surface area contributed by atoms with E-state index in [0.717, 1.165) is 0 Å². The zero-order valence-electron chi connectivity index (χ0n) is 15.6. The van der Waals surface area contributed by atoms with Gasteiger partial charge in [-0.2, -0.15) is 65.9 Å². The third-order valence-corrected chi connectivity index (χ3v) is 4.73. The van der Waals surface area contributed by atoms with Crippen molar-refractivity contribution in [2.45, 2.75) is 72.9 Å². The lowest BCUT2D eigenvalue weighted by Gasteiger charge is -2.42. The lowest BCUT2D eigenvalue weighted by molar-refractivity contribution is -0.421. The minimum absolute atomic E-state index is 0. The van der Waals surface area contributed by atoms with Gasteiger partial charge >= 0.3 is 41.0 Å². The highest BCUT2D eigenvalue weighted by molar-refractivity contribution is 7.86. The van der Waals surface area contributed by atoms with Gasteiger partial charge in [0.15, 0.2) is 16.3 Å². The molecule has 202 valence electrons. The third-order valence-electron chi connectivity index (χ3n) is 3.84. The normalized spacial score (nSPS) is 16.4. The predicted molar refractivity (Wildman–Crippen MR) is 74.8 cm³/mol. The molecule has 0 radical (unpaired) electrons. The molecule has 21 heteroatoms. The zero-order valence-corrected chi connectivity index (χ0v) is 16.4. The van der Waals surface area contributed by atoms with Gasteiger partial charge in [0, 0.05) is 6.42 Å². The number of hydrogen-bond acceptors (Lipinski definition) is 3. The second-order valence-electron chi connectivity index (χ2n) is 6.22. The van der Waals surface area contributed by atoms with Gasteiger partial charge in [-0.15, -0.1) is 0 Å². The number of hydrogen-bond donors (Lipinski definition) is 1. The largest absolute Gasteiger partial charge is 0.743 e. The van der Waals surface area contributed by atoms with Crippen molar-refractivity contribution in [2.24, 2.45) is 0 Å². The summed E-state index contributed by atoms with van der Waals surface area (Å²) in [6.45, 7) is 0. The molecule has 0 aliphatic rings. The van der Waals surface area contributed by atoms with E-state index in [4.69, 9.17) is 0 Å². The van der Waals surface area contributed by atoms with Gasteiger partial charge in [0.25, 0.3) is 0 Å². The van der Waals surface area contributed by atoms with Crippen LogP contribution in [0.1, 0.15) is 25.7 Å². The monoisotopic (exact) mass is 555 g/mol. The lowest BCUT2D eigenvalue weighted by atomic mass is 9.90. The molecule has 0 heterocycles. The van der Waals surface area contributed by atoms with Crippen LogP contribution in [0.5, 0.6) is 0 Å². The van der Waals surface area contributed by atoms with Gasteiger partial charge in [-0.3, -0.25) is 0 Å². The Balaban J connectivity index is 0. The Morgan fingerprint density at radius 1 is 0.636 bits per heavy atom. The summed E-state index contributed by atoms with van der Waals surface area (Å²) in [5, 5.41) is -7.73. The SMILES string of the molecule is O=S(=O)([O-])C(F)(F)C(F)(F)C(F)(F)C(F)(F)C(F)(F)C(F)(F)C(F)CCCCC(F)(F)F.[NH4+]. The molecule has 0 aliphatic carbocycles. The fourth-order valence-electron chi connectivity index (χ4n) is 1.97. The van der Waals surface area contributed by atoms with E-state index in [1.807, 2.05) is 0 Å². The minimum atomic E-state index is -8.40. The molecule has 1 atom stereocenters. The maximum Gasteiger partial charge on any atom is 0.402 e. The molecule has 0 aromatic heterocycles. The van der Waals surface area contributed by atoms with Crippen LogP contribution in [0.25, 0.3) is 0 Å². The first-order valence-electron chi connectivity index (χ1n) is 7.56. The van der Waals surface area contributed by atoms with Crippen LogP contribution in [0.2, 0.25) is 0 Å². The van der Waals surface area contributed by atoms with E-state index in [1.54, 1.807) is 0 Å². The molecule has 0 aromatic rings. The van der Waals surface area contributed by atoms with E-state index in [1.165, 1.54) is 0 Å². The number of rotatable bonds is 11. The second-order valence-corrected chi connectivity index (χ2v) is 7.64. The Morgan fingerprint density at radius 2 is 1.00 bits per heavy atom. The summed E-state index contributed by atoms with van der Waals surface area (Å²) >= 11 is 0. The third kappa shape index (κ3) is 5.70. The zero-order chi connectivity index (χ0) is 26.4. The minimum Gasteiger partial charge on any atom is -0.743 e. The first-order chi connectivity index (χ1) is 13.6. The van der Waals surface area contributed by atoms with Crippen LogP contribution < -0.4 is 6.15 Å². The molecule has 0 saturated carbocycles. The van der Waals surface area contributed by atoms with Crippen LogP contribution in [-0.4, -0.2) is 60.2 Å². The summed E-state index contributed by atoms with van der Waals surface area (Å²) < 4.78 is 238. The highest BCUT2D eigenvalue weighted by atomic mass is 32.2. The van der Waals surface area contributed by atoms with Crippen molar-refractivity contribution < 1.29 is 83.2 Å². The molecule has 0 spiro atoms. The van der Waals surface area contributed by atoms with E-state index >= 15 is 0 Å². The number of unbranched alkanes of at least 4 members (excludes halogenated alkanes) is 1. The van der Waals surface area contributed by atoms with Gasteiger partial charge in [0.1, 0.15) is 0 Å². The van der Waals surface area contributed by atoms with Crippen LogP contribution in [0.15, 0.2) is 0 Å². The molecule has 33 heavy (non-hydrogen) atoms. The van der Waals surface area contributed by atoms with Crippen molar-refractivity contribution >= 4 is 10.1 Å². The van der Waals surface area contributed by atoms with Crippen molar-refractivity contribution in [3.8, 4) is 0 Å². The van der Waals surface area contributed by atoms with Crippen molar-refractivity contribution in [3.63, 3.8) is 0 Å². The average molecular weight is 555 g/mol. The summed E-state index contributed by atoms with van der Waals surface area (Å²) in [5.41, 5.74) is 0. The van der Waals surface area contributed by atoms with Crippen LogP contribution in [-0.2, 0) is 10.1 Å². The van der Waals surface area contributed by atoms with E-state index in [2.05, 4.69) is 0 Å². The predicted octanol–water partition coefficient (Wildman–Crippen LogP) is 6.14. The summed E-state index contributed by atoms with van der Waals surface area (Å²) in [4.78, 5) is 0. The standard InChI is InChI=1S/C12H10F16O3S.H3N/c13-5(3-1-2-4-6(14,15)16)7(17,18)8(19,20)9(21,22)10(23,24)11(25,26)12(27,28)32(29,30)31;/h5H,1-4H2,(H,29,30,31);1H3. The maximum absolute atomic E-state index is 13.4. The van der Waals surface area contributed by atoms with Crippen LogP contribution >= 0.6 is 0 Å². The van der Waals surface area contributed by atoms with Gasteiger partial charge in [-0.05, 0) is 19.3 Å². The fourth-order valence-corrected chi connectivity index (χ4v) is 2.41. The van der Waals surface area contributed by atoms with Gasteiger partial charge in [-0.25, -0.2) is 12.8 Å². The first-order valence-corrected chi connectivity index (χ1v) is 8.97. The summed E-state index contributed by atoms with van der Waals surface area (Å²) in [6.07, 6.45) is -16.2. The van der Waals surface area contributed by atoms with E-state index in [-0.39, 0.29) is 6.15 Å². The highest BCUT2D eigenvalue weighted by Gasteiger charge is 2.91. The molecular formula is C12H13F16NO3S. The molecule has 4 nitrogen and oxygen atoms in total. The Hall–Kier alpha value is -1.25. The molecule has 0 bridgehead atoms. The Labute approximate surface area is 173 Å². The maximum atomic E-state index is 13.4. The summed E-state index contributed by atoms with van der Waals surface area (Å²) in [6, 6.07) is 0. The molecule has 0 aliphatic heterocycles. The van der Waals surface area contributed by atoms with Gasteiger partial charge < -0.3 is 10.7 Å². The molecule has 0 rings (SSSR count). The Bertz CT molecular complexity index is 763. The topological polar surface area (TPSA) is 93.7 Å². The van der Waals surface area contributed by atoms with Crippen molar-refractivity contribution in [3.05, 3.63) is 0 Å². The summed E-state index contributed by atoms with van der Waals surface area (Å²) in [7, 11) is -7.97. The molecule has 0 amide bonds. The Morgan fingerprint density at radius 3 is 1.33 bits per heavy atom. The fraction of sp³-hybridized carbons (Fsp3) is 1.00. The van der Waals surface area contributed by atoms with Crippen LogP contribution in [0, 0.1) is 0 Å². The number of quaternary nitrogens is 1. The Kier molecular flexibility index (Phi) is 9.68. The van der Waals surface area contributed by atoms with Gasteiger partial charge in [0.05, 0.1) is 0 Å². The molecule has 4 N–H and O–H groups in total. The molecule has 1 unspecified atom stereocenters. The first kappa shape index (κ1) is 33.9.